The Balaban J connectivity index is 1.55. The second-order valence-corrected chi connectivity index (χ2v) is 7.80. The highest BCUT2D eigenvalue weighted by atomic mass is 16.6. The number of nitrogens with zero attached hydrogens (tertiary/aromatic N) is 2. The van der Waals surface area contributed by atoms with Gasteiger partial charge in [0, 0.05) is 18.1 Å². The van der Waals surface area contributed by atoms with Gasteiger partial charge in [0.05, 0.1) is 13.2 Å². The summed E-state index contributed by atoms with van der Waals surface area (Å²) in [6.45, 7) is 0.605. The van der Waals surface area contributed by atoms with Crippen molar-refractivity contribution in [2.75, 3.05) is 20.8 Å². The molecule has 3 rings (SSSR count). The van der Waals surface area contributed by atoms with E-state index in [0.29, 0.717) is 48.8 Å². The van der Waals surface area contributed by atoms with Crippen molar-refractivity contribution in [2.24, 2.45) is 5.16 Å². The number of benzene rings is 2. The van der Waals surface area contributed by atoms with Gasteiger partial charge in [0.25, 0.3) is 0 Å². The van der Waals surface area contributed by atoms with Gasteiger partial charge < -0.3 is 24.2 Å². The van der Waals surface area contributed by atoms with E-state index < -0.39 is 5.97 Å². The highest BCUT2D eigenvalue weighted by molar-refractivity contribution is 6.01. The van der Waals surface area contributed by atoms with E-state index in [4.69, 9.17) is 29.4 Å². The number of oxime groups is 1. The van der Waals surface area contributed by atoms with Crippen molar-refractivity contribution >= 4 is 11.7 Å². The lowest BCUT2D eigenvalue weighted by Gasteiger charge is -2.14. The number of hydrogen-bond acceptors (Lipinski definition) is 7. The SMILES string of the molecule is CO/N=C(\COc1ccc(COc2ccc(CCC(=O)O)c(OC)c2)cc1)C1=CC=C(C#N)CC1. The Morgan fingerprint density at radius 3 is 2.46 bits per heavy atom. The van der Waals surface area contributed by atoms with Crippen LogP contribution in [0.25, 0.3) is 0 Å². The molecule has 1 aliphatic carbocycles. The molecule has 0 heterocycles. The molecule has 0 spiro atoms. The Morgan fingerprint density at radius 1 is 1.06 bits per heavy atom. The van der Waals surface area contributed by atoms with Crippen LogP contribution in [0, 0.1) is 11.3 Å². The molecule has 8 heteroatoms. The first kappa shape index (κ1) is 25.4. The molecule has 35 heavy (non-hydrogen) atoms. The zero-order valence-electron chi connectivity index (χ0n) is 19.8. The molecule has 0 saturated heterocycles. The molecule has 0 aliphatic heterocycles. The molecule has 8 nitrogen and oxygen atoms in total. The van der Waals surface area contributed by atoms with Gasteiger partial charge in [-0.25, -0.2) is 0 Å². The maximum atomic E-state index is 10.8. The van der Waals surface area contributed by atoms with Crippen LogP contribution in [0.15, 0.2) is 70.9 Å². The molecule has 0 radical (unpaired) electrons. The van der Waals surface area contributed by atoms with Gasteiger partial charge in [-0.3, -0.25) is 4.79 Å². The van der Waals surface area contributed by atoms with Crippen molar-refractivity contribution < 1.29 is 28.9 Å². The Bertz CT molecular complexity index is 1160. The van der Waals surface area contributed by atoms with Crippen molar-refractivity contribution in [1.82, 2.24) is 0 Å². The summed E-state index contributed by atoms with van der Waals surface area (Å²) >= 11 is 0. The van der Waals surface area contributed by atoms with Gasteiger partial charge in [-0.2, -0.15) is 5.26 Å². The summed E-state index contributed by atoms with van der Waals surface area (Å²) in [7, 11) is 3.05. The minimum Gasteiger partial charge on any atom is -0.496 e. The van der Waals surface area contributed by atoms with E-state index in [9.17, 15) is 4.79 Å². The normalized spacial score (nSPS) is 13.2. The van der Waals surface area contributed by atoms with E-state index in [0.717, 1.165) is 22.3 Å². The van der Waals surface area contributed by atoms with Crippen molar-refractivity contribution in [3.05, 3.63) is 76.9 Å². The standard InChI is InChI=1S/C27H28N2O6/c1-32-26-15-24(13-9-22(26)10-14-27(30)31)34-17-20-5-11-23(12-6-20)35-18-25(29-33-2)21-7-3-19(16-28)4-8-21/h3,5-7,9,11-13,15H,4,8,10,14,17-18H2,1-2H3,(H,30,31)/b29-25+. The molecule has 0 bridgehead atoms. The van der Waals surface area contributed by atoms with Crippen LogP contribution in [0.4, 0.5) is 0 Å². The predicted octanol–water partition coefficient (Wildman–Crippen LogP) is 4.84. The zero-order chi connectivity index (χ0) is 25.0. The number of carbonyl (C=O) groups is 1. The molecule has 0 amide bonds. The fourth-order valence-electron chi connectivity index (χ4n) is 3.52. The summed E-state index contributed by atoms with van der Waals surface area (Å²) in [5.74, 6) is 1.08. The molecule has 0 saturated carbocycles. The number of carboxylic acid groups (broad SMARTS) is 1. The number of ether oxygens (including phenoxy) is 3. The number of methoxy groups -OCH3 is 1. The Hall–Kier alpha value is -4.25. The van der Waals surface area contributed by atoms with Crippen LogP contribution in [-0.2, 0) is 22.7 Å². The third kappa shape index (κ3) is 7.64. The first-order valence-electron chi connectivity index (χ1n) is 11.2. The van der Waals surface area contributed by atoms with Crippen molar-refractivity contribution in [1.29, 1.82) is 5.26 Å². The van der Waals surface area contributed by atoms with Crippen LogP contribution in [0.3, 0.4) is 0 Å². The Morgan fingerprint density at radius 2 is 1.83 bits per heavy atom. The smallest absolute Gasteiger partial charge is 0.303 e. The second kappa shape index (κ2) is 12.8. The molecular formula is C27H28N2O6. The number of hydrogen-bond donors (Lipinski definition) is 1. The lowest BCUT2D eigenvalue weighted by atomic mass is 9.96. The highest BCUT2D eigenvalue weighted by Gasteiger charge is 2.14. The second-order valence-electron chi connectivity index (χ2n) is 7.80. The Kier molecular flexibility index (Phi) is 9.31. The number of nitriles is 1. The van der Waals surface area contributed by atoms with E-state index in [2.05, 4.69) is 11.2 Å². The fourth-order valence-corrected chi connectivity index (χ4v) is 3.52. The van der Waals surface area contributed by atoms with Crippen molar-refractivity contribution in [2.45, 2.75) is 32.3 Å². The number of carboxylic acids is 1. The summed E-state index contributed by atoms with van der Waals surface area (Å²) in [6.07, 6.45) is 5.52. The van der Waals surface area contributed by atoms with Gasteiger partial charge in [0.2, 0.25) is 0 Å². The van der Waals surface area contributed by atoms with Crippen LogP contribution in [0.1, 0.15) is 30.4 Å². The van der Waals surface area contributed by atoms with Crippen molar-refractivity contribution in [3.8, 4) is 23.3 Å². The van der Waals surface area contributed by atoms with Crippen LogP contribution in [0.2, 0.25) is 0 Å². The van der Waals surface area contributed by atoms with E-state index in [-0.39, 0.29) is 13.0 Å². The molecule has 182 valence electrons. The van der Waals surface area contributed by atoms with Crippen LogP contribution in [0.5, 0.6) is 17.2 Å². The molecule has 0 aromatic heterocycles. The lowest BCUT2D eigenvalue weighted by Crippen LogP contribution is -2.16. The summed E-state index contributed by atoms with van der Waals surface area (Å²) in [4.78, 5) is 15.8. The predicted molar refractivity (Wildman–Crippen MR) is 131 cm³/mol. The van der Waals surface area contributed by atoms with Gasteiger partial charge >= 0.3 is 5.97 Å². The first-order valence-corrected chi connectivity index (χ1v) is 11.2. The highest BCUT2D eigenvalue weighted by Crippen LogP contribution is 2.27. The van der Waals surface area contributed by atoms with E-state index in [1.54, 1.807) is 19.3 Å². The van der Waals surface area contributed by atoms with Gasteiger partial charge in [-0.15, -0.1) is 0 Å². The largest absolute Gasteiger partial charge is 0.496 e. The van der Waals surface area contributed by atoms with Crippen LogP contribution >= 0.6 is 0 Å². The molecule has 2 aromatic carbocycles. The monoisotopic (exact) mass is 476 g/mol. The maximum absolute atomic E-state index is 10.8. The number of allylic oxidation sites excluding steroid dienone is 3. The summed E-state index contributed by atoms with van der Waals surface area (Å²) < 4.78 is 17.1. The number of rotatable bonds is 12. The molecule has 0 atom stereocenters. The van der Waals surface area contributed by atoms with Gasteiger partial charge in [-0.1, -0.05) is 29.4 Å². The third-order valence-corrected chi connectivity index (χ3v) is 5.44. The average molecular weight is 477 g/mol. The number of aliphatic carboxylic acids is 1. The quantitative estimate of drug-likeness (QED) is 0.345. The maximum Gasteiger partial charge on any atom is 0.303 e. The van der Waals surface area contributed by atoms with Gasteiger partial charge in [-0.05, 0) is 60.2 Å². The van der Waals surface area contributed by atoms with Crippen LogP contribution < -0.4 is 14.2 Å². The molecule has 1 aliphatic rings. The summed E-state index contributed by atoms with van der Waals surface area (Å²) in [5.41, 5.74) is 4.21. The van der Waals surface area contributed by atoms with Crippen LogP contribution in [-0.4, -0.2) is 37.6 Å². The average Bonchev–Trinajstić information content (AvgIpc) is 2.89. The molecule has 0 unspecified atom stereocenters. The third-order valence-electron chi connectivity index (χ3n) is 5.44. The molecule has 2 aromatic rings. The Labute approximate surface area is 204 Å². The first-order chi connectivity index (χ1) is 17.0. The van der Waals surface area contributed by atoms with Crippen molar-refractivity contribution in [3.63, 3.8) is 0 Å². The topological polar surface area (TPSA) is 110 Å². The molecule has 1 N–H and O–H groups in total. The summed E-state index contributed by atoms with van der Waals surface area (Å²) in [5, 5.41) is 22.0. The minimum atomic E-state index is -0.848. The van der Waals surface area contributed by atoms with E-state index in [1.165, 1.54) is 7.11 Å². The zero-order valence-corrected chi connectivity index (χ0v) is 19.8. The van der Waals surface area contributed by atoms with E-state index in [1.807, 2.05) is 42.5 Å². The van der Waals surface area contributed by atoms with E-state index >= 15 is 0 Å². The molecule has 0 fully saturated rings. The summed E-state index contributed by atoms with van der Waals surface area (Å²) in [6, 6.07) is 15.1. The fraction of sp³-hybridized carbons (Fsp3) is 0.296. The number of aryl methyl sites for hydroxylation is 1. The molecular weight excluding hydrogens is 448 g/mol. The van der Waals surface area contributed by atoms with Gasteiger partial charge in [0.15, 0.2) is 0 Å². The lowest BCUT2D eigenvalue weighted by molar-refractivity contribution is -0.136. The van der Waals surface area contributed by atoms with Gasteiger partial charge in [0.1, 0.15) is 43.3 Å². The minimum absolute atomic E-state index is 0.0422.